The number of likely N-dealkylation sites (N-methyl/N-ethyl adjacent to an activating group) is 1. The molecule has 1 saturated heterocycles. The Morgan fingerprint density at radius 2 is 1.76 bits per heavy atom. The van der Waals surface area contributed by atoms with E-state index in [-0.39, 0.29) is 65.6 Å². The molecular formula is C21H28ClFN3NaO7. The van der Waals surface area contributed by atoms with Gasteiger partial charge in [-0.25, -0.2) is 14.0 Å². The third-order valence-corrected chi connectivity index (χ3v) is 5.55. The predicted octanol–water partition coefficient (Wildman–Crippen LogP) is 0.769. The van der Waals surface area contributed by atoms with Gasteiger partial charge < -0.3 is 34.4 Å². The summed E-state index contributed by atoms with van der Waals surface area (Å²) in [7, 11) is 2.02. The molecule has 3 heterocycles. The number of aromatic carboxylic acids is 1. The number of nitrogens with zero attached hydrogens (tertiary/aromatic N) is 3. The predicted molar refractivity (Wildman–Crippen MR) is 129 cm³/mol. The van der Waals surface area contributed by atoms with Crippen molar-refractivity contribution in [1.82, 2.24) is 9.47 Å². The van der Waals surface area contributed by atoms with E-state index in [9.17, 15) is 23.9 Å². The number of hydrogen-bond acceptors (Lipinski definition) is 7. The second-order valence-electron chi connectivity index (χ2n) is 7.98. The van der Waals surface area contributed by atoms with Crippen LogP contribution in [0.4, 0.5) is 10.1 Å². The van der Waals surface area contributed by atoms with E-state index in [1.54, 1.807) is 4.57 Å². The van der Waals surface area contributed by atoms with Gasteiger partial charge in [0.1, 0.15) is 24.0 Å². The number of carbonyl (C=O) groups is 2. The van der Waals surface area contributed by atoms with E-state index in [2.05, 4.69) is 4.90 Å². The Bertz CT molecular complexity index is 1120. The van der Waals surface area contributed by atoms with Crippen LogP contribution in [0.1, 0.15) is 30.2 Å². The number of aliphatic hydroxyl groups is 1. The van der Waals surface area contributed by atoms with Crippen LogP contribution in [0.2, 0.25) is 0 Å². The fraction of sp³-hybridized carbons (Fsp3) is 0.476. The topological polar surface area (TPSA) is 133 Å². The molecule has 1 unspecified atom stereocenters. The molecule has 0 spiro atoms. The van der Waals surface area contributed by atoms with Crippen LogP contribution in [0.25, 0.3) is 10.9 Å². The number of piperazine rings is 1. The van der Waals surface area contributed by atoms with Crippen molar-refractivity contribution in [2.75, 3.05) is 44.7 Å². The van der Waals surface area contributed by atoms with E-state index in [0.29, 0.717) is 30.0 Å². The van der Waals surface area contributed by atoms with E-state index >= 15 is 0 Å². The minimum atomic E-state index is -1.32. The van der Waals surface area contributed by atoms with Crippen LogP contribution in [0.5, 0.6) is 5.75 Å². The van der Waals surface area contributed by atoms with Crippen molar-refractivity contribution in [3.05, 3.63) is 33.9 Å². The number of pyridine rings is 1. The van der Waals surface area contributed by atoms with Crippen molar-refractivity contribution in [3.63, 3.8) is 0 Å². The van der Waals surface area contributed by atoms with E-state index in [0.717, 1.165) is 19.2 Å². The van der Waals surface area contributed by atoms with Crippen LogP contribution in [0, 0.1) is 5.82 Å². The van der Waals surface area contributed by atoms with E-state index in [1.165, 1.54) is 13.1 Å². The maximum atomic E-state index is 15.0. The molecule has 1 aromatic heterocycles. The Morgan fingerprint density at radius 3 is 2.26 bits per heavy atom. The molecule has 13 heteroatoms. The van der Waals surface area contributed by atoms with Gasteiger partial charge in [-0.15, -0.1) is 12.4 Å². The molecule has 0 bridgehead atoms. The van der Waals surface area contributed by atoms with Crippen molar-refractivity contribution >= 4 is 70.5 Å². The van der Waals surface area contributed by atoms with Gasteiger partial charge >= 0.3 is 41.5 Å². The molecule has 1 fully saturated rings. The van der Waals surface area contributed by atoms with Crippen LogP contribution in [-0.4, -0.2) is 112 Å². The number of anilines is 1. The summed E-state index contributed by atoms with van der Waals surface area (Å²) in [5.74, 6) is -2.73. The standard InChI is InChI=1S/C18H20FN3O4.C3H6O3.ClH.Na.H/c1-10-9-26-17-14-11(16(23)12(18(24)25)8-22(10)14)7-13(19)15(17)21-5-3-20(2)4-6-21;1-2(4)3(5)6;;;/h7-8,10H,3-6,9H2,1-2H3,(H,24,25);2,4H,1H3,(H,5,6);1H;;/t10-;;;;/m0..../s1. The Kier molecular flexibility index (Phi) is 10.8. The number of halogens is 2. The first kappa shape index (κ1) is 30.1. The van der Waals surface area contributed by atoms with Gasteiger partial charge in [0, 0.05) is 32.4 Å². The van der Waals surface area contributed by atoms with Crippen molar-refractivity contribution in [3.8, 4) is 5.75 Å². The Morgan fingerprint density at radius 1 is 1.21 bits per heavy atom. The fourth-order valence-electron chi connectivity index (χ4n) is 3.69. The molecule has 3 N–H and O–H groups in total. The van der Waals surface area contributed by atoms with Gasteiger partial charge in [0.15, 0.2) is 11.6 Å². The minimum absolute atomic E-state index is 0. The Labute approximate surface area is 223 Å². The number of hydrogen-bond donors (Lipinski definition) is 3. The molecule has 2 aliphatic rings. The number of benzene rings is 1. The number of rotatable bonds is 3. The molecule has 4 rings (SSSR count). The number of ether oxygens (including phenoxy) is 1. The van der Waals surface area contributed by atoms with Crippen molar-refractivity contribution in [1.29, 1.82) is 0 Å². The first-order chi connectivity index (χ1) is 15.0. The van der Waals surface area contributed by atoms with Crippen LogP contribution < -0.4 is 15.1 Å². The molecular weight excluding hydrogens is 484 g/mol. The van der Waals surface area contributed by atoms with E-state index < -0.39 is 29.3 Å². The summed E-state index contributed by atoms with van der Waals surface area (Å²) in [5.41, 5.74) is -0.224. The van der Waals surface area contributed by atoms with E-state index in [4.69, 9.17) is 14.9 Å². The molecule has 184 valence electrons. The van der Waals surface area contributed by atoms with Crippen LogP contribution in [0.15, 0.2) is 17.1 Å². The van der Waals surface area contributed by atoms with Gasteiger partial charge in [-0.3, -0.25) is 4.79 Å². The van der Waals surface area contributed by atoms with Crippen LogP contribution >= 0.6 is 12.4 Å². The molecule has 2 aliphatic heterocycles. The number of aliphatic carboxylic acids is 1. The summed E-state index contributed by atoms with van der Waals surface area (Å²) in [6, 6.07) is 0.994. The third kappa shape index (κ3) is 6.02. The summed E-state index contributed by atoms with van der Waals surface area (Å²) in [4.78, 5) is 37.5. The first-order valence-electron chi connectivity index (χ1n) is 10.1. The molecule has 2 aromatic rings. The second kappa shape index (κ2) is 12.2. The van der Waals surface area contributed by atoms with Crippen molar-refractivity contribution < 1.29 is 34.0 Å². The van der Waals surface area contributed by atoms with E-state index in [1.807, 2.05) is 18.9 Å². The SMILES string of the molecule is CC(O)C(=O)O.C[C@H]1COc2c(N3CCN(C)CC3)c(F)cc3c(=O)c(C(=O)O)cn1c23.Cl.[NaH]. The summed E-state index contributed by atoms with van der Waals surface area (Å²) in [6.45, 7) is 6.27. The number of aromatic nitrogens is 1. The normalized spacial score (nSPS) is 17.9. The summed E-state index contributed by atoms with van der Waals surface area (Å²) in [5, 5.41) is 25.1. The molecule has 0 radical (unpaired) electrons. The third-order valence-electron chi connectivity index (χ3n) is 5.55. The van der Waals surface area contributed by atoms with Gasteiger partial charge in [0.2, 0.25) is 5.43 Å². The van der Waals surface area contributed by atoms with Crippen LogP contribution in [0.3, 0.4) is 0 Å². The Balaban J connectivity index is 0.000000647. The molecule has 0 aliphatic carbocycles. The summed E-state index contributed by atoms with van der Waals surface area (Å²) in [6.07, 6.45) is 0.111. The first-order valence-corrected chi connectivity index (χ1v) is 10.1. The zero-order valence-corrected chi connectivity index (χ0v) is 19.3. The molecule has 0 saturated carbocycles. The average molecular weight is 512 g/mol. The van der Waals surface area contributed by atoms with Gasteiger partial charge in [0.25, 0.3) is 0 Å². The van der Waals surface area contributed by atoms with Crippen molar-refractivity contribution in [2.45, 2.75) is 26.0 Å². The number of carboxylic acids is 2. The quantitative estimate of drug-likeness (QED) is 0.511. The van der Waals surface area contributed by atoms with Gasteiger partial charge in [-0.05, 0) is 27.0 Å². The molecule has 1 aromatic carbocycles. The van der Waals surface area contributed by atoms with Gasteiger partial charge in [0.05, 0.1) is 16.9 Å². The molecule has 2 atom stereocenters. The van der Waals surface area contributed by atoms with Crippen LogP contribution in [-0.2, 0) is 4.79 Å². The number of carboxylic acid groups (broad SMARTS) is 2. The monoisotopic (exact) mass is 511 g/mol. The summed E-state index contributed by atoms with van der Waals surface area (Å²) >= 11 is 0. The fourth-order valence-corrected chi connectivity index (χ4v) is 3.69. The maximum absolute atomic E-state index is 15.0. The van der Waals surface area contributed by atoms with Crippen molar-refractivity contribution in [2.24, 2.45) is 0 Å². The summed E-state index contributed by atoms with van der Waals surface area (Å²) < 4.78 is 22.6. The molecule has 34 heavy (non-hydrogen) atoms. The molecule has 0 amide bonds. The van der Waals surface area contributed by atoms with Gasteiger partial charge in [-0.1, -0.05) is 0 Å². The zero-order valence-electron chi connectivity index (χ0n) is 18.4. The van der Waals surface area contributed by atoms with Gasteiger partial charge in [-0.2, -0.15) is 0 Å². The second-order valence-corrected chi connectivity index (χ2v) is 7.98. The number of aliphatic hydroxyl groups excluding tert-OH is 1. The Hall–Kier alpha value is -1.89. The zero-order chi connectivity index (χ0) is 23.7. The molecule has 10 nitrogen and oxygen atoms in total. The average Bonchev–Trinajstić information content (AvgIpc) is 2.73.